The molecule has 0 spiro atoms. The number of nitriles is 1. The summed E-state index contributed by atoms with van der Waals surface area (Å²) in [7, 11) is 0. The molecule has 32 heavy (non-hydrogen) atoms. The molecule has 0 atom stereocenters. The first kappa shape index (κ1) is 20.8. The van der Waals surface area contributed by atoms with Crippen LogP contribution in [0, 0.1) is 21.4 Å². The lowest BCUT2D eigenvalue weighted by Gasteiger charge is -2.07. The highest BCUT2D eigenvalue weighted by Crippen LogP contribution is 2.28. The first-order chi connectivity index (χ1) is 15.6. The van der Waals surface area contributed by atoms with Crippen molar-refractivity contribution in [3.63, 3.8) is 0 Å². The van der Waals surface area contributed by atoms with Crippen molar-refractivity contribution in [1.29, 1.82) is 5.26 Å². The van der Waals surface area contributed by atoms with Gasteiger partial charge < -0.3 is 10.1 Å². The van der Waals surface area contributed by atoms with Crippen molar-refractivity contribution in [2.45, 2.75) is 0 Å². The molecule has 0 saturated carbocycles. The summed E-state index contributed by atoms with van der Waals surface area (Å²) in [5, 5.41) is 25.8. The minimum Gasteiger partial charge on any atom is -0.457 e. The average Bonchev–Trinajstić information content (AvgIpc) is 3.31. The Balaban J connectivity index is 1.44. The number of hydrogen-bond donors (Lipinski definition) is 1. The van der Waals surface area contributed by atoms with Gasteiger partial charge >= 0.3 is 0 Å². The molecule has 0 amide bonds. The molecule has 4 rings (SSSR count). The lowest BCUT2D eigenvalue weighted by Crippen LogP contribution is -1.91. The average molecular weight is 440 g/mol. The summed E-state index contributed by atoms with van der Waals surface area (Å²) < 4.78 is 5.77. The van der Waals surface area contributed by atoms with E-state index in [1.54, 1.807) is 18.3 Å². The minimum atomic E-state index is -0.446. The van der Waals surface area contributed by atoms with Crippen LogP contribution in [0.25, 0.3) is 16.8 Å². The highest BCUT2D eigenvalue weighted by Gasteiger charge is 2.11. The quantitative estimate of drug-likeness (QED) is 0.200. The molecule has 4 aromatic rings. The number of ether oxygens (including phenoxy) is 1. The second kappa shape index (κ2) is 9.55. The smallest absolute Gasteiger partial charge is 0.269 e. The van der Waals surface area contributed by atoms with Crippen LogP contribution in [0.15, 0.2) is 90.4 Å². The van der Waals surface area contributed by atoms with Crippen molar-refractivity contribution in [3.05, 3.63) is 106 Å². The van der Waals surface area contributed by atoms with Gasteiger partial charge in [0.05, 0.1) is 10.6 Å². The molecule has 1 N–H and O–H groups in total. The Morgan fingerprint density at radius 2 is 1.72 bits per heavy atom. The van der Waals surface area contributed by atoms with Crippen molar-refractivity contribution < 1.29 is 9.66 Å². The number of rotatable bonds is 7. The second-order valence-electron chi connectivity index (χ2n) is 6.60. The van der Waals surface area contributed by atoms with Gasteiger partial charge in [-0.15, -0.1) is 11.3 Å². The number of nitro benzene ring substituents is 1. The lowest BCUT2D eigenvalue weighted by atomic mass is 10.1. The molecule has 8 heteroatoms. The van der Waals surface area contributed by atoms with Crippen molar-refractivity contribution in [3.8, 4) is 28.8 Å². The molecule has 1 heterocycles. The standard InChI is InChI=1S/C24H16N4O3S/c25-14-18(24-27-23(16-32-24)17-6-10-20(11-7-17)28(29)30)15-26-19-8-12-22(13-9-19)31-21-4-2-1-3-5-21/h1-13,15-16,26H. The number of nitrogens with one attached hydrogen (secondary N) is 1. The number of nitro groups is 1. The van der Waals surface area contributed by atoms with Crippen molar-refractivity contribution in [1.82, 2.24) is 4.98 Å². The first-order valence-electron chi connectivity index (χ1n) is 9.53. The van der Waals surface area contributed by atoms with Crippen LogP contribution in [-0.2, 0) is 0 Å². The molecule has 0 aliphatic heterocycles. The summed E-state index contributed by atoms with van der Waals surface area (Å²) in [5.74, 6) is 1.46. The van der Waals surface area contributed by atoms with Gasteiger partial charge in [-0.05, 0) is 48.5 Å². The Labute approximate surface area is 188 Å². The molecule has 0 radical (unpaired) electrons. The summed E-state index contributed by atoms with van der Waals surface area (Å²) in [6, 6.07) is 25.2. The van der Waals surface area contributed by atoms with Crippen LogP contribution in [0.1, 0.15) is 5.01 Å². The molecule has 0 bridgehead atoms. The monoisotopic (exact) mass is 440 g/mol. The number of hydrogen-bond acceptors (Lipinski definition) is 7. The molecule has 1 aromatic heterocycles. The van der Waals surface area contributed by atoms with Gasteiger partial charge in [0.25, 0.3) is 5.69 Å². The van der Waals surface area contributed by atoms with Gasteiger partial charge in [0.1, 0.15) is 28.1 Å². The van der Waals surface area contributed by atoms with Crippen LogP contribution in [0.4, 0.5) is 11.4 Å². The van der Waals surface area contributed by atoms with Gasteiger partial charge in [0, 0.05) is 35.0 Å². The third-order valence-corrected chi connectivity index (χ3v) is 5.32. The lowest BCUT2D eigenvalue weighted by molar-refractivity contribution is -0.384. The Morgan fingerprint density at radius 1 is 1.03 bits per heavy atom. The van der Waals surface area contributed by atoms with Gasteiger partial charge in [-0.25, -0.2) is 4.98 Å². The van der Waals surface area contributed by atoms with E-state index in [0.717, 1.165) is 17.0 Å². The molecule has 0 aliphatic carbocycles. The van der Waals surface area contributed by atoms with E-state index in [1.807, 2.05) is 60.0 Å². The zero-order valence-electron chi connectivity index (χ0n) is 16.6. The van der Waals surface area contributed by atoms with Crippen LogP contribution in [0.2, 0.25) is 0 Å². The third-order valence-electron chi connectivity index (χ3n) is 4.45. The molecule has 156 valence electrons. The van der Waals surface area contributed by atoms with E-state index < -0.39 is 4.92 Å². The normalized spacial score (nSPS) is 10.9. The Hall–Kier alpha value is -4.48. The molecular weight excluding hydrogens is 424 g/mol. The van der Waals surface area contributed by atoms with Crippen molar-refractivity contribution in [2.75, 3.05) is 5.32 Å². The van der Waals surface area contributed by atoms with Gasteiger partial charge in [-0.1, -0.05) is 18.2 Å². The Morgan fingerprint density at radius 3 is 2.38 bits per heavy atom. The SMILES string of the molecule is N#CC(=CNc1ccc(Oc2ccccc2)cc1)c1nc(-c2ccc([N+](=O)[O-])cc2)cs1. The van der Waals surface area contributed by atoms with Crippen LogP contribution in [0.5, 0.6) is 11.5 Å². The second-order valence-corrected chi connectivity index (χ2v) is 7.45. The van der Waals surface area contributed by atoms with E-state index in [0.29, 0.717) is 22.0 Å². The van der Waals surface area contributed by atoms with E-state index >= 15 is 0 Å². The van der Waals surface area contributed by atoms with Gasteiger partial charge in [0.2, 0.25) is 0 Å². The van der Waals surface area contributed by atoms with E-state index in [2.05, 4.69) is 16.4 Å². The zero-order valence-corrected chi connectivity index (χ0v) is 17.5. The van der Waals surface area contributed by atoms with Crippen LogP contribution in [0.3, 0.4) is 0 Å². The van der Waals surface area contributed by atoms with E-state index in [1.165, 1.54) is 23.5 Å². The summed E-state index contributed by atoms with van der Waals surface area (Å²) in [6.45, 7) is 0. The van der Waals surface area contributed by atoms with Crippen molar-refractivity contribution in [2.24, 2.45) is 0 Å². The predicted molar refractivity (Wildman–Crippen MR) is 124 cm³/mol. The van der Waals surface area contributed by atoms with E-state index in [-0.39, 0.29) is 5.69 Å². The first-order valence-corrected chi connectivity index (χ1v) is 10.4. The molecule has 3 aromatic carbocycles. The molecule has 0 fully saturated rings. The summed E-state index contributed by atoms with van der Waals surface area (Å²) in [6.07, 6.45) is 1.60. The maximum absolute atomic E-state index is 10.8. The van der Waals surface area contributed by atoms with Gasteiger partial charge in [-0.3, -0.25) is 10.1 Å². The Bertz CT molecular complexity index is 1290. The topological polar surface area (TPSA) is 101 Å². The maximum atomic E-state index is 10.8. The molecule has 0 unspecified atom stereocenters. The molecule has 7 nitrogen and oxygen atoms in total. The third kappa shape index (κ3) is 4.98. The van der Waals surface area contributed by atoms with Crippen LogP contribution >= 0.6 is 11.3 Å². The number of nitrogens with zero attached hydrogens (tertiary/aromatic N) is 3. The largest absolute Gasteiger partial charge is 0.457 e. The number of anilines is 1. The number of para-hydroxylation sites is 1. The maximum Gasteiger partial charge on any atom is 0.269 e. The molecule has 0 aliphatic rings. The minimum absolute atomic E-state index is 0.0196. The Kier molecular flexibility index (Phi) is 6.20. The van der Waals surface area contributed by atoms with E-state index in [9.17, 15) is 15.4 Å². The van der Waals surface area contributed by atoms with Crippen LogP contribution < -0.4 is 10.1 Å². The number of benzene rings is 3. The highest BCUT2D eigenvalue weighted by atomic mass is 32.1. The van der Waals surface area contributed by atoms with Crippen LogP contribution in [-0.4, -0.2) is 9.91 Å². The summed E-state index contributed by atoms with van der Waals surface area (Å²) in [5.41, 5.74) is 2.60. The van der Waals surface area contributed by atoms with Gasteiger partial charge in [-0.2, -0.15) is 5.26 Å². The highest BCUT2D eigenvalue weighted by molar-refractivity contribution is 7.11. The number of thiazole rings is 1. The van der Waals surface area contributed by atoms with Gasteiger partial charge in [0.15, 0.2) is 0 Å². The van der Waals surface area contributed by atoms with Crippen molar-refractivity contribution >= 4 is 28.3 Å². The number of allylic oxidation sites excluding steroid dienone is 1. The predicted octanol–water partition coefficient (Wildman–Crippen LogP) is 6.49. The summed E-state index contributed by atoms with van der Waals surface area (Å²) in [4.78, 5) is 14.9. The van der Waals surface area contributed by atoms with E-state index in [4.69, 9.17) is 4.74 Å². The fourth-order valence-electron chi connectivity index (χ4n) is 2.83. The zero-order chi connectivity index (χ0) is 22.3. The number of non-ortho nitro benzene ring substituents is 1. The molecular formula is C24H16N4O3S. The fourth-order valence-corrected chi connectivity index (χ4v) is 3.62. The fraction of sp³-hybridized carbons (Fsp3) is 0. The number of aromatic nitrogens is 1. The summed E-state index contributed by atoms with van der Waals surface area (Å²) >= 11 is 1.33. The molecule has 0 saturated heterocycles.